The van der Waals surface area contributed by atoms with Crippen molar-refractivity contribution < 1.29 is 24.2 Å². The highest BCUT2D eigenvalue weighted by Gasteiger charge is 2.16. The summed E-state index contributed by atoms with van der Waals surface area (Å²) in [5.41, 5.74) is 0. The zero-order valence-electron chi connectivity index (χ0n) is 27.0. The lowest BCUT2D eigenvalue weighted by molar-refractivity contribution is -0.146. The molecule has 0 saturated heterocycles. The topological polar surface area (TPSA) is 76.1 Å². The molecule has 0 heterocycles. The van der Waals surface area contributed by atoms with E-state index in [1.165, 1.54) is 116 Å². The zero-order chi connectivity index (χ0) is 30.2. The van der Waals surface area contributed by atoms with Gasteiger partial charge in [-0.1, -0.05) is 158 Å². The fourth-order valence-electron chi connectivity index (χ4n) is 5.07. The minimum Gasteiger partial charge on any atom is -0.464 e. The molecule has 0 spiro atoms. The highest BCUT2D eigenvalue weighted by atomic mass is 79.9. The van der Waals surface area contributed by atoms with E-state index in [1.54, 1.807) is 4.90 Å². The third-order valence-electron chi connectivity index (χ3n) is 7.81. The van der Waals surface area contributed by atoms with Gasteiger partial charge in [-0.3, -0.25) is 14.5 Å². The predicted octanol–water partition coefficient (Wildman–Crippen LogP) is 9.49. The standard InChI is InChI=1S/C34H66BrNO5/c1-3-5-7-9-11-13-15-17-19-21-23-25-33(38)40-29-27-36(32(37)31-35)28-30-41-34(39)26-24-22-20-18-16-14-12-10-8-6-4-2/h32,37H,3-31H2,1-2H3. The molecule has 0 aromatic carbocycles. The minimum atomic E-state index is -0.717. The molecule has 0 radical (unpaired) electrons. The molecule has 0 bridgehead atoms. The Balaban J connectivity index is 3.76. The first-order valence-corrected chi connectivity index (χ1v) is 18.5. The summed E-state index contributed by atoms with van der Waals surface area (Å²) in [6.45, 7) is 5.78. The minimum absolute atomic E-state index is 0.174. The number of ether oxygens (including phenoxy) is 2. The van der Waals surface area contributed by atoms with Crippen molar-refractivity contribution >= 4 is 27.9 Å². The van der Waals surface area contributed by atoms with Crippen LogP contribution in [0, 0.1) is 0 Å². The normalized spacial score (nSPS) is 12.1. The van der Waals surface area contributed by atoms with Gasteiger partial charge in [0.25, 0.3) is 0 Å². The van der Waals surface area contributed by atoms with E-state index in [4.69, 9.17) is 9.47 Å². The molecule has 0 aromatic heterocycles. The van der Waals surface area contributed by atoms with Crippen molar-refractivity contribution in [3.8, 4) is 0 Å². The van der Waals surface area contributed by atoms with Crippen molar-refractivity contribution in [3.63, 3.8) is 0 Å². The second kappa shape index (κ2) is 32.3. The smallest absolute Gasteiger partial charge is 0.305 e. The number of hydrogen-bond acceptors (Lipinski definition) is 6. The summed E-state index contributed by atoms with van der Waals surface area (Å²) in [6.07, 6.45) is 27.8. The SMILES string of the molecule is CCCCCCCCCCCCCC(=O)OCCN(CCOC(=O)CCCCCCCCCCCCC)C(O)CBr. The maximum atomic E-state index is 12.1. The van der Waals surface area contributed by atoms with Gasteiger partial charge in [0.1, 0.15) is 19.4 Å². The molecular formula is C34H66BrNO5. The lowest BCUT2D eigenvalue weighted by atomic mass is 10.1. The molecule has 0 aliphatic heterocycles. The lowest BCUT2D eigenvalue weighted by Crippen LogP contribution is -2.41. The van der Waals surface area contributed by atoms with Gasteiger partial charge in [0.15, 0.2) is 0 Å². The Labute approximate surface area is 262 Å². The maximum absolute atomic E-state index is 12.1. The van der Waals surface area contributed by atoms with Crippen LogP contribution in [0.3, 0.4) is 0 Å². The Kier molecular flexibility index (Phi) is 31.7. The number of carbonyl (C=O) groups is 2. The van der Waals surface area contributed by atoms with Gasteiger partial charge in [-0.25, -0.2) is 0 Å². The van der Waals surface area contributed by atoms with Gasteiger partial charge < -0.3 is 14.6 Å². The summed E-state index contributed by atoms with van der Waals surface area (Å²) in [6, 6.07) is 0. The fraction of sp³-hybridized carbons (Fsp3) is 0.941. The van der Waals surface area contributed by atoms with Crippen LogP contribution >= 0.6 is 15.9 Å². The van der Waals surface area contributed by atoms with Gasteiger partial charge in [0.2, 0.25) is 0 Å². The quantitative estimate of drug-likeness (QED) is 0.0339. The number of rotatable bonds is 32. The average Bonchev–Trinajstić information content (AvgIpc) is 2.97. The largest absolute Gasteiger partial charge is 0.464 e. The molecule has 1 atom stereocenters. The van der Waals surface area contributed by atoms with Gasteiger partial charge in [-0.05, 0) is 12.8 Å². The Morgan fingerprint density at radius 2 is 0.854 bits per heavy atom. The van der Waals surface area contributed by atoms with Crippen molar-refractivity contribution in [2.45, 2.75) is 174 Å². The summed E-state index contributed by atoms with van der Waals surface area (Å²) in [5.74, 6) is -0.347. The van der Waals surface area contributed by atoms with Crippen molar-refractivity contribution in [1.29, 1.82) is 0 Å². The molecule has 1 unspecified atom stereocenters. The maximum Gasteiger partial charge on any atom is 0.305 e. The van der Waals surface area contributed by atoms with Crippen LogP contribution < -0.4 is 0 Å². The Bertz CT molecular complexity index is 533. The van der Waals surface area contributed by atoms with Crippen molar-refractivity contribution in [2.24, 2.45) is 0 Å². The summed E-state index contributed by atoms with van der Waals surface area (Å²) in [7, 11) is 0. The predicted molar refractivity (Wildman–Crippen MR) is 175 cm³/mol. The first-order chi connectivity index (χ1) is 20.0. The van der Waals surface area contributed by atoms with E-state index in [2.05, 4.69) is 29.8 Å². The number of halogens is 1. The molecule has 7 heteroatoms. The fourth-order valence-corrected chi connectivity index (χ4v) is 5.48. The van der Waals surface area contributed by atoms with Crippen molar-refractivity contribution in [2.75, 3.05) is 31.6 Å². The molecule has 0 amide bonds. The molecule has 0 fully saturated rings. The zero-order valence-corrected chi connectivity index (χ0v) is 28.6. The van der Waals surface area contributed by atoms with E-state index in [0.29, 0.717) is 31.3 Å². The summed E-state index contributed by atoms with van der Waals surface area (Å²) in [4.78, 5) is 26.0. The number of aliphatic hydroxyl groups is 1. The van der Waals surface area contributed by atoms with E-state index in [1.807, 2.05) is 0 Å². The van der Waals surface area contributed by atoms with Gasteiger partial charge in [0, 0.05) is 31.3 Å². The number of hydrogen-bond donors (Lipinski definition) is 1. The first-order valence-electron chi connectivity index (χ1n) is 17.3. The summed E-state index contributed by atoms with van der Waals surface area (Å²) >= 11 is 3.31. The van der Waals surface area contributed by atoms with E-state index >= 15 is 0 Å². The Morgan fingerprint density at radius 1 is 0.561 bits per heavy atom. The van der Waals surface area contributed by atoms with Crippen molar-refractivity contribution in [3.05, 3.63) is 0 Å². The Morgan fingerprint density at radius 3 is 1.15 bits per heavy atom. The van der Waals surface area contributed by atoms with Crippen LogP contribution in [0.2, 0.25) is 0 Å². The van der Waals surface area contributed by atoms with Crippen LogP contribution in [0.4, 0.5) is 0 Å². The van der Waals surface area contributed by atoms with E-state index in [0.717, 1.165) is 25.7 Å². The number of aliphatic hydroxyl groups excluding tert-OH is 1. The molecular weight excluding hydrogens is 582 g/mol. The van der Waals surface area contributed by atoms with E-state index < -0.39 is 6.23 Å². The molecule has 0 aromatic rings. The van der Waals surface area contributed by atoms with Crippen LogP contribution in [0.25, 0.3) is 0 Å². The highest BCUT2D eigenvalue weighted by Crippen LogP contribution is 2.13. The van der Waals surface area contributed by atoms with Crippen LogP contribution in [-0.4, -0.2) is 59.8 Å². The molecule has 0 aliphatic rings. The number of esters is 2. The van der Waals surface area contributed by atoms with Crippen LogP contribution in [0.1, 0.15) is 168 Å². The number of unbranched alkanes of at least 4 members (excludes halogenated alkanes) is 20. The molecule has 0 saturated carbocycles. The van der Waals surface area contributed by atoms with Gasteiger partial charge in [0.05, 0.1) is 0 Å². The van der Waals surface area contributed by atoms with Gasteiger partial charge >= 0.3 is 11.9 Å². The third kappa shape index (κ3) is 29.2. The number of nitrogens with zero attached hydrogens (tertiary/aromatic N) is 1. The molecule has 0 rings (SSSR count). The summed E-state index contributed by atoms with van der Waals surface area (Å²) in [5, 5.41) is 10.7. The van der Waals surface area contributed by atoms with Crippen LogP contribution in [-0.2, 0) is 19.1 Å². The number of alkyl halides is 1. The average molecular weight is 649 g/mol. The van der Waals surface area contributed by atoms with E-state index in [-0.39, 0.29) is 25.2 Å². The van der Waals surface area contributed by atoms with Gasteiger partial charge in [-0.2, -0.15) is 0 Å². The lowest BCUT2D eigenvalue weighted by Gasteiger charge is -2.26. The molecule has 6 nitrogen and oxygen atoms in total. The van der Waals surface area contributed by atoms with Crippen LogP contribution in [0.5, 0.6) is 0 Å². The number of carbonyl (C=O) groups excluding carboxylic acids is 2. The second-order valence-corrected chi connectivity index (χ2v) is 12.3. The molecule has 0 aliphatic carbocycles. The first kappa shape index (κ1) is 40.3. The Hall–Kier alpha value is -0.660. The monoisotopic (exact) mass is 647 g/mol. The van der Waals surface area contributed by atoms with Crippen molar-refractivity contribution in [1.82, 2.24) is 4.90 Å². The van der Waals surface area contributed by atoms with Gasteiger partial charge in [-0.15, -0.1) is 0 Å². The summed E-state index contributed by atoms with van der Waals surface area (Å²) < 4.78 is 10.8. The molecule has 1 N–H and O–H groups in total. The third-order valence-corrected chi connectivity index (χ3v) is 8.39. The molecule has 41 heavy (non-hydrogen) atoms. The van der Waals surface area contributed by atoms with E-state index in [9.17, 15) is 14.7 Å². The second-order valence-electron chi connectivity index (χ2n) is 11.7. The van der Waals surface area contributed by atoms with Crippen LogP contribution in [0.15, 0.2) is 0 Å². The molecule has 244 valence electrons. The highest BCUT2D eigenvalue weighted by molar-refractivity contribution is 9.09.